The van der Waals surface area contributed by atoms with Gasteiger partial charge in [-0.3, -0.25) is 13.9 Å². The average Bonchev–Trinajstić information content (AvgIpc) is 3.35. The minimum absolute atomic E-state index is 0.112. The van der Waals surface area contributed by atoms with Crippen molar-refractivity contribution >= 4 is 27.5 Å². The van der Waals surface area contributed by atoms with Gasteiger partial charge in [-0.2, -0.15) is 0 Å². The lowest BCUT2D eigenvalue weighted by molar-refractivity contribution is -0.140. The first-order chi connectivity index (χ1) is 17.5. The van der Waals surface area contributed by atoms with Gasteiger partial charge in [0.05, 0.1) is 19.1 Å². The molecule has 1 aliphatic carbocycles. The van der Waals surface area contributed by atoms with Crippen molar-refractivity contribution in [1.29, 1.82) is 0 Å². The maximum Gasteiger partial charge on any atom is 0.244 e. The number of hydrogen-bond acceptors (Lipinski definition) is 5. The lowest BCUT2D eigenvalue weighted by Gasteiger charge is -2.34. The summed E-state index contributed by atoms with van der Waals surface area (Å²) in [5, 5.41) is 3.12. The molecule has 0 aliphatic heterocycles. The van der Waals surface area contributed by atoms with Crippen molar-refractivity contribution in [2.75, 3.05) is 24.2 Å². The molecular weight excluding hydrogens is 490 g/mol. The van der Waals surface area contributed by atoms with Gasteiger partial charge in [0, 0.05) is 12.6 Å². The Kier molecular flexibility index (Phi) is 9.59. The van der Waals surface area contributed by atoms with E-state index in [0.717, 1.165) is 52.9 Å². The summed E-state index contributed by atoms with van der Waals surface area (Å²) < 4.78 is 32.3. The van der Waals surface area contributed by atoms with E-state index in [4.69, 9.17) is 4.74 Å². The van der Waals surface area contributed by atoms with Crippen LogP contribution in [0.4, 0.5) is 5.69 Å². The van der Waals surface area contributed by atoms with E-state index in [2.05, 4.69) is 5.32 Å². The van der Waals surface area contributed by atoms with Crippen LogP contribution in [-0.4, -0.2) is 57.1 Å². The number of sulfonamides is 1. The fourth-order valence-electron chi connectivity index (χ4n) is 4.85. The van der Waals surface area contributed by atoms with Crippen molar-refractivity contribution in [3.8, 4) is 5.75 Å². The number of ether oxygens (including phenoxy) is 1. The van der Waals surface area contributed by atoms with Gasteiger partial charge >= 0.3 is 0 Å². The van der Waals surface area contributed by atoms with Crippen molar-refractivity contribution in [2.24, 2.45) is 0 Å². The van der Waals surface area contributed by atoms with Crippen LogP contribution in [0.5, 0.6) is 5.75 Å². The molecule has 0 spiro atoms. The second kappa shape index (κ2) is 12.4. The fraction of sp³-hybridized carbons (Fsp3) is 0.500. The number of benzene rings is 2. The molecular formula is C28H39N3O5S. The molecule has 1 atom stereocenters. The van der Waals surface area contributed by atoms with E-state index in [1.807, 2.05) is 51.1 Å². The number of nitrogens with zero attached hydrogens (tertiary/aromatic N) is 2. The number of amides is 2. The highest BCUT2D eigenvalue weighted by atomic mass is 32.2. The summed E-state index contributed by atoms with van der Waals surface area (Å²) in [6.45, 7) is 5.42. The average molecular weight is 530 g/mol. The molecule has 202 valence electrons. The predicted molar refractivity (Wildman–Crippen MR) is 146 cm³/mol. The third-order valence-electron chi connectivity index (χ3n) is 6.97. The summed E-state index contributed by atoms with van der Waals surface area (Å²) in [5.74, 6) is -0.304. The van der Waals surface area contributed by atoms with Crippen molar-refractivity contribution in [2.45, 2.75) is 71.5 Å². The Balaban J connectivity index is 1.98. The fourth-order valence-corrected chi connectivity index (χ4v) is 5.69. The van der Waals surface area contributed by atoms with Crippen LogP contribution in [-0.2, 0) is 26.2 Å². The standard InChI is InChI=1S/C28H39N3O5S/c1-6-24(28(33)29-23-13-9-10-14-23)30(18-22-12-8-7-11-21(22)3)27(32)19-31(37(5,34)35)25-17-20(2)15-16-26(25)36-4/h7-8,11-12,15-17,23-24H,6,9-10,13-14,18-19H2,1-5H3,(H,29,33)/t24-/m0/s1. The first-order valence-corrected chi connectivity index (χ1v) is 14.7. The van der Waals surface area contributed by atoms with Crippen LogP contribution in [0.15, 0.2) is 42.5 Å². The van der Waals surface area contributed by atoms with Crippen LogP contribution in [0.2, 0.25) is 0 Å². The number of anilines is 1. The van der Waals surface area contributed by atoms with Crippen LogP contribution in [0, 0.1) is 13.8 Å². The van der Waals surface area contributed by atoms with Crippen molar-refractivity contribution < 1.29 is 22.7 Å². The molecule has 0 saturated heterocycles. The zero-order valence-electron chi connectivity index (χ0n) is 22.5. The Morgan fingerprint density at radius 1 is 1.11 bits per heavy atom. The smallest absolute Gasteiger partial charge is 0.244 e. The molecule has 0 unspecified atom stereocenters. The molecule has 0 bridgehead atoms. The monoisotopic (exact) mass is 529 g/mol. The van der Waals surface area contributed by atoms with Gasteiger partial charge in [0.25, 0.3) is 0 Å². The van der Waals surface area contributed by atoms with Crippen LogP contribution >= 0.6 is 0 Å². The van der Waals surface area contributed by atoms with Crippen molar-refractivity contribution in [3.63, 3.8) is 0 Å². The quantitative estimate of drug-likeness (QED) is 0.476. The summed E-state index contributed by atoms with van der Waals surface area (Å²) in [6.07, 6.45) is 5.50. The predicted octanol–water partition coefficient (Wildman–Crippen LogP) is 3.94. The molecule has 1 N–H and O–H groups in total. The van der Waals surface area contributed by atoms with Gasteiger partial charge in [-0.1, -0.05) is 50.1 Å². The maximum absolute atomic E-state index is 13.9. The molecule has 2 aromatic rings. The second-order valence-corrected chi connectivity index (χ2v) is 11.7. The highest BCUT2D eigenvalue weighted by molar-refractivity contribution is 7.92. The molecule has 0 aromatic heterocycles. The van der Waals surface area contributed by atoms with Crippen LogP contribution < -0.4 is 14.4 Å². The molecule has 2 aromatic carbocycles. The van der Waals surface area contributed by atoms with Gasteiger partial charge in [-0.05, 0) is 61.9 Å². The third-order valence-corrected chi connectivity index (χ3v) is 8.10. The molecule has 1 saturated carbocycles. The van der Waals surface area contributed by atoms with Gasteiger partial charge < -0.3 is 15.0 Å². The van der Waals surface area contributed by atoms with Crippen molar-refractivity contribution in [3.05, 3.63) is 59.2 Å². The van der Waals surface area contributed by atoms with Crippen LogP contribution in [0.25, 0.3) is 0 Å². The Hall–Kier alpha value is -3.07. The lowest BCUT2D eigenvalue weighted by Crippen LogP contribution is -2.53. The normalized spacial score (nSPS) is 14.7. The van der Waals surface area contributed by atoms with E-state index in [9.17, 15) is 18.0 Å². The Bertz CT molecular complexity index is 1210. The minimum atomic E-state index is -3.84. The summed E-state index contributed by atoms with van der Waals surface area (Å²) in [7, 11) is -2.38. The molecule has 2 amide bonds. The van der Waals surface area contributed by atoms with Gasteiger partial charge in [-0.15, -0.1) is 0 Å². The number of carbonyl (C=O) groups is 2. The number of nitrogens with one attached hydrogen (secondary N) is 1. The topological polar surface area (TPSA) is 96.0 Å². The SMILES string of the molecule is CC[C@@H](C(=O)NC1CCCC1)N(Cc1ccccc1C)C(=O)CN(c1cc(C)ccc1OC)S(C)(=O)=O. The van der Waals surface area contributed by atoms with Crippen molar-refractivity contribution in [1.82, 2.24) is 10.2 Å². The van der Waals surface area contributed by atoms with E-state index < -0.39 is 28.5 Å². The van der Waals surface area contributed by atoms with E-state index in [1.165, 1.54) is 12.0 Å². The van der Waals surface area contributed by atoms with Gasteiger partial charge in [0.2, 0.25) is 21.8 Å². The highest BCUT2D eigenvalue weighted by Gasteiger charge is 2.33. The molecule has 0 radical (unpaired) electrons. The molecule has 1 fully saturated rings. The van der Waals surface area contributed by atoms with Gasteiger partial charge in [0.15, 0.2) is 0 Å². The Morgan fingerprint density at radius 3 is 2.38 bits per heavy atom. The highest BCUT2D eigenvalue weighted by Crippen LogP contribution is 2.31. The Labute approximate surface area is 221 Å². The number of methoxy groups -OCH3 is 1. The zero-order chi connectivity index (χ0) is 27.2. The number of hydrogen-bond donors (Lipinski definition) is 1. The lowest BCUT2D eigenvalue weighted by atomic mass is 10.1. The van der Waals surface area contributed by atoms with E-state index in [0.29, 0.717) is 12.2 Å². The van der Waals surface area contributed by atoms with E-state index in [-0.39, 0.29) is 24.2 Å². The molecule has 37 heavy (non-hydrogen) atoms. The Morgan fingerprint density at radius 2 is 1.78 bits per heavy atom. The largest absolute Gasteiger partial charge is 0.495 e. The minimum Gasteiger partial charge on any atom is -0.495 e. The summed E-state index contributed by atoms with van der Waals surface area (Å²) in [5.41, 5.74) is 3.02. The van der Waals surface area contributed by atoms with Crippen LogP contribution in [0.1, 0.15) is 55.7 Å². The zero-order valence-corrected chi connectivity index (χ0v) is 23.3. The van der Waals surface area contributed by atoms with E-state index >= 15 is 0 Å². The van der Waals surface area contributed by atoms with Gasteiger partial charge in [0.1, 0.15) is 18.3 Å². The first kappa shape index (κ1) is 28.5. The summed E-state index contributed by atoms with van der Waals surface area (Å²) in [4.78, 5) is 28.8. The summed E-state index contributed by atoms with van der Waals surface area (Å²) >= 11 is 0. The van der Waals surface area contributed by atoms with Crippen LogP contribution in [0.3, 0.4) is 0 Å². The third kappa shape index (κ3) is 7.25. The number of aryl methyl sites for hydroxylation is 2. The maximum atomic E-state index is 13.9. The first-order valence-electron chi connectivity index (χ1n) is 12.8. The number of carbonyl (C=O) groups excluding carboxylic acids is 2. The molecule has 0 heterocycles. The van der Waals surface area contributed by atoms with E-state index in [1.54, 1.807) is 12.1 Å². The van der Waals surface area contributed by atoms with Gasteiger partial charge in [-0.25, -0.2) is 8.42 Å². The molecule has 1 aliphatic rings. The molecule has 3 rings (SSSR count). The molecule has 9 heteroatoms. The molecule has 8 nitrogen and oxygen atoms in total. The second-order valence-electron chi connectivity index (χ2n) is 9.81. The summed E-state index contributed by atoms with van der Waals surface area (Å²) in [6, 6.07) is 12.3. The number of rotatable bonds is 11.